The van der Waals surface area contributed by atoms with Crippen LogP contribution in [0.25, 0.3) is 0 Å². The average Bonchev–Trinajstić information content (AvgIpc) is 2.29. The van der Waals surface area contributed by atoms with Crippen molar-refractivity contribution in [1.82, 2.24) is 15.1 Å². The van der Waals surface area contributed by atoms with E-state index in [-0.39, 0.29) is 18.2 Å². The van der Waals surface area contributed by atoms with E-state index in [1.807, 2.05) is 6.92 Å². The molecular formula is C12H23N3O2. The Hall–Kier alpha value is -1.07. The lowest BCUT2D eigenvalue weighted by Gasteiger charge is -2.34. The molecule has 98 valence electrons. The van der Waals surface area contributed by atoms with Crippen LogP contribution < -0.4 is 5.32 Å². The van der Waals surface area contributed by atoms with Gasteiger partial charge < -0.3 is 19.9 Å². The number of nitrogens with zero attached hydrogens (tertiary/aromatic N) is 2. The van der Waals surface area contributed by atoms with Gasteiger partial charge in [-0.3, -0.25) is 0 Å². The van der Waals surface area contributed by atoms with E-state index in [0.717, 1.165) is 19.7 Å². The van der Waals surface area contributed by atoms with Crippen molar-refractivity contribution in [1.29, 1.82) is 0 Å². The fourth-order valence-electron chi connectivity index (χ4n) is 1.79. The number of likely N-dealkylation sites (N-methyl/N-ethyl adjacent to an activating group) is 2. The number of ether oxygens (including phenoxy) is 1. The van der Waals surface area contributed by atoms with Gasteiger partial charge in [-0.25, -0.2) is 4.79 Å². The van der Waals surface area contributed by atoms with Crippen LogP contribution in [0.2, 0.25) is 0 Å². The van der Waals surface area contributed by atoms with Gasteiger partial charge in [-0.2, -0.15) is 0 Å². The van der Waals surface area contributed by atoms with Crippen molar-refractivity contribution in [2.75, 3.05) is 40.3 Å². The molecule has 0 aliphatic carbocycles. The first-order valence-corrected chi connectivity index (χ1v) is 5.97. The van der Waals surface area contributed by atoms with Gasteiger partial charge in [-0.15, -0.1) is 6.58 Å². The van der Waals surface area contributed by atoms with Crippen LogP contribution in [0.1, 0.15) is 6.92 Å². The zero-order chi connectivity index (χ0) is 12.8. The van der Waals surface area contributed by atoms with Crippen molar-refractivity contribution < 1.29 is 9.53 Å². The first-order valence-electron chi connectivity index (χ1n) is 5.97. The number of nitrogens with one attached hydrogen (secondary N) is 1. The Morgan fingerprint density at radius 2 is 2.47 bits per heavy atom. The highest BCUT2D eigenvalue weighted by Crippen LogP contribution is 2.07. The van der Waals surface area contributed by atoms with Gasteiger partial charge in [-0.05, 0) is 14.0 Å². The van der Waals surface area contributed by atoms with E-state index >= 15 is 0 Å². The number of hydrogen-bond acceptors (Lipinski definition) is 3. The van der Waals surface area contributed by atoms with Crippen LogP contribution in [0.15, 0.2) is 12.7 Å². The monoisotopic (exact) mass is 241 g/mol. The molecule has 0 radical (unpaired) electrons. The van der Waals surface area contributed by atoms with Crippen LogP contribution in [0.5, 0.6) is 0 Å². The van der Waals surface area contributed by atoms with Gasteiger partial charge in [0, 0.05) is 26.7 Å². The Morgan fingerprint density at radius 3 is 3.06 bits per heavy atom. The SMILES string of the molecule is C=CCN(C)C(=O)N[C@H](C)[C@@H]1CN(C)CCO1. The van der Waals surface area contributed by atoms with E-state index in [9.17, 15) is 4.79 Å². The minimum absolute atomic E-state index is 0.0116. The predicted molar refractivity (Wildman–Crippen MR) is 68.1 cm³/mol. The number of urea groups is 1. The fourth-order valence-corrected chi connectivity index (χ4v) is 1.79. The molecule has 0 aromatic heterocycles. The zero-order valence-electron chi connectivity index (χ0n) is 11.0. The van der Waals surface area contributed by atoms with E-state index in [0.29, 0.717) is 6.54 Å². The smallest absolute Gasteiger partial charge is 0.317 e. The Balaban J connectivity index is 2.39. The molecular weight excluding hydrogens is 218 g/mol. The van der Waals surface area contributed by atoms with Crippen molar-refractivity contribution >= 4 is 6.03 Å². The minimum Gasteiger partial charge on any atom is -0.373 e. The summed E-state index contributed by atoms with van der Waals surface area (Å²) >= 11 is 0. The van der Waals surface area contributed by atoms with E-state index in [2.05, 4.69) is 23.8 Å². The summed E-state index contributed by atoms with van der Waals surface area (Å²) in [6.45, 7) is 8.66. The molecule has 1 fully saturated rings. The molecule has 1 N–H and O–H groups in total. The fraction of sp³-hybridized carbons (Fsp3) is 0.750. The Bertz CT molecular complexity index is 270. The van der Waals surface area contributed by atoms with Gasteiger partial charge in [0.15, 0.2) is 0 Å². The molecule has 17 heavy (non-hydrogen) atoms. The lowest BCUT2D eigenvalue weighted by atomic mass is 10.1. The maximum Gasteiger partial charge on any atom is 0.317 e. The maximum atomic E-state index is 11.8. The number of carbonyl (C=O) groups is 1. The lowest BCUT2D eigenvalue weighted by Crippen LogP contribution is -2.53. The minimum atomic E-state index is -0.0887. The van der Waals surface area contributed by atoms with Crippen LogP contribution >= 0.6 is 0 Å². The van der Waals surface area contributed by atoms with Crippen LogP contribution in [0, 0.1) is 0 Å². The van der Waals surface area contributed by atoms with E-state index < -0.39 is 0 Å². The lowest BCUT2D eigenvalue weighted by molar-refractivity contribution is -0.0338. The molecule has 2 amide bonds. The molecule has 1 heterocycles. The summed E-state index contributed by atoms with van der Waals surface area (Å²) < 4.78 is 5.66. The second kappa shape index (κ2) is 6.61. The molecule has 0 aromatic rings. The van der Waals surface area contributed by atoms with E-state index in [1.165, 1.54) is 0 Å². The van der Waals surface area contributed by atoms with Crippen molar-refractivity contribution in [3.63, 3.8) is 0 Å². The zero-order valence-corrected chi connectivity index (χ0v) is 11.0. The molecule has 5 nitrogen and oxygen atoms in total. The van der Waals surface area contributed by atoms with Gasteiger partial charge in [0.2, 0.25) is 0 Å². The van der Waals surface area contributed by atoms with Gasteiger partial charge in [0.25, 0.3) is 0 Å². The van der Waals surface area contributed by atoms with E-state index in [4.69, 9.17) is 4.74 Å². The molecule has 1 aliphatic heterocycles. The number of rotatable bonds is 4. The maximum absolute atomic E-state index is 11.8. The number of carbonyl (C=O) groups excluding carboxylic acids is 1. The van der Waals surface area contributed by atoms with Gasteiger partial charge in [0.05, 0.1) is 18.8 Å². The molecule has 0 aromatic carbocycles. The summed E-state index contributed by atoms with van der Waals surface area (Å²) in [5, 5.41) is 2.94. The third-order valence-corrected chi connectivity index (χ3v) is 2.96. The summed E-state index contributed by atoms with van der Waals surface area (Å²) in [5.74, 6) is 0. The number of hydrogen-bond donors (Lipinski definition) is 1. The van der Waals surface area contributed by atoms with Crippen LogP contribution in [-0.2, 0) is 4.74 Å². The summed E-state index contributed by atoms with van der Waals surface area (Å²) in [6, 6.07) is -0.0771. The molecule has 5 heteroatoms. The Morgan fingerprint density at radius 1 is 1.76 bits per heavy atom. The standard InChI is InChI=1S/C12H23N3O2/c1-5-6-15(4)12(16)13-10(2)11-9-14(3)7-8-17-11/h5,10-11H,1,6-9H2,2-4H3,(H,13,16)/t10-,11+/m1/s1. The van der Waals surface area contributed by atoms with Crippen molar-refractivity contribution in [2.45, 2.75) is 19.1 Å². The molecule has 2 atom stereocenters. The summed E-state index contributed by atoms with van der Waals surface area (Å²) in [4.78, 5) is 15.6. The molecule has 1 aliphatic rings. The first-order chi connectivity index (χ1) is 8.04. The van der Waals surface area contributed by atoms with Gasteiger partial charge in [-0.1, -0.05) is 6.08 Å². The summed E-state index contributed by atoms with van der Waals surface area (Å²) in [5.41, 5.74) is 0. The largest absolute Gasteiger partial charge is 0.373 e. The van der Waals surface area contributed by atoms with Gasteiger partial charge in [0.1, 0.15) is 0 Å². The average molecular weight is 241 g/mol. The Labute approximate surface area is 103 Å². The quantitative estimate of drug-likeness (QED) is 0.730. The predicted octanol–water partition coefficient (Wildman–Crippen LogP) is 0.533. The normalized spacial score (nSPS) is 22.9. The summed E-state index contributed by atoms with van der Waals surface area (Å²) in [6.07, 6.45) is 1.77. The van der Waals surface area contributed by atoms with Crippen LogP contribution in [0.4, 0.5) is 4.79 Å². The second-order valence-corrected chi connectivity index (χ2v) is 4.58. The summed E-state index contributed by atoms with van der Waals surface area (Å²) in [7, 11) is 3.81. The van der Waals surface area contributed by atoms with Gasteiger partial charge >= 0.3 is 6.03 Å². The Kier molecular flexibility index (Phi) is 5.44. The highest BCUT2D eigenvalue weighted by Gasteiger charge is 2.25. The third-order valence-electron chi connectivity index (χ3n) is 2.96. The second-order valence-electron chi connectivity index (χ2n) is 4.58. The topological polar surface area (TPSA) is 44.8 Å². The van der Waals surface area contributed by atoms with E-state index in [1.54, 1.807) is 18.0 Å². The molecule has 0 bridgehead atoms. The molecule has 1 saturated heterocycles. The van der Waals surface area contributed by atoms with Crippen molar-refractivity contribution in [2.24, 2.45) is 0 Å². The van der Waals surface area contributed by atoms with Crippen molar-refractivity contribution in [3.8, 4) is 0 Å². The number of amides is 2. The first kappa shape index (κ1) is 14.0. The highest BCUT2D eigenvalue weighted by molar-refractivity contribution is 5.74. The molecule has 0 saturated carbocycles. The molecule has 0 unspecified atom stereocenters. The van der Waals surface area contributed by atoms with Crippen molar-refractivity contribution in [3.05, 3.63) is 12.7 Å². The number of morpholine rings is 1. The molecule has 0 spiro atoms. The van der Waals surface area contributed by atoms with Crippen LogP contribution in [0.3, 0.4) is 0 Å². The third kappa shape index (κ3) is 4.36. The highest BCUT2D eigenvalue weighted by atomic mass is 16.5. The molecule has 1 rings (SSSR count). The van der Waals surface area contributed by atoms with Crippen LogP contribution in [-0.4, -0.2) is 68.3 Å².